The molecule has 1 N–H and O–H groups in total. The van der Waals surface area contributed by atoms with Crippen molar-refractivity contribution in [1.29, 1.82) is 0 Å². The van der Waals surface area contributed by atoms with E-state index in [2.05, 4.69) is 54.5 Å². The number of nitrogens with one attached hydrogen (secondary N) is 1. The predicted octanol–water partition coefficient (Wildman–Crippen LogP) is 5.54. The van der Waals surface area contributed by atoms with Crippen molar-refractivity contribution >= 4 is 49.2 Å². The van der Waals surface area contributed by atoms with Crippen LogP contribution in [0.15, 0.2) is 44.9 Å². The van der Waals surface area contributed by atoms with Crippen LogP contribution in [0.1, 0.15) is 23.2 Å². The van der Waals surface area contributed by atoms with Crippen LogP contribution in [0.5, 0.6) is 0 Å². The lowest BCUT2D eigenvalue weighted by molar-refractivity contribution is 0.687. The topological polar surface area (TPSA) is 63.6 Å². The molecule has 0 atom stereocenters. The molecule has 0 radical (unpaired) electrons. The molecule has 0 saturated carbocycles. The van der Waals surface area contributed by atoms with Crippen LogP contribution in [-0.2, 0) is 12.3 Å². The van der Waals surface area contributed by atoms with Crippen molar-refractivity contribution in [3.05, 3.63) is 61.6 Å². The van der Waals surface area contributed by atoms with Gasteiger partial charge in [-0.15, -0.1) is 11.3 Å². The number of benzene rings is 1. The molecule has 4 aromatic rings. The summed E-state index contributed by atoms with van der Waals surface area (Å²) < 4.78 is 3.24. The molecule has 0 amide bonds. The molecule has 0 aliphatic carbocycles. The first-order valence-corrected chi connectivity index (χ1v) is 11.5. The van der Waals surface area contributed by atoms with E-state index >= 15 is 0 Å². The van der Waals surface area contributed by atoms with Gasteiger partial charge in [0.25, 0.3) is 5.56 Å². The van der Waals surface area contributed by atoms with Crippen molar-refractivity contribution in [2.24, 2.45) is 0 Å². The van der Waals surface area contributed by atoms with E-state index in [0.717, 1.165) is 42.7 Å². The Hall–Kier alpha value is -1.90. The van der Waals surface area contributed by atoms with Crippen molar-refractivity contribution in [2.75, 3.05) is 0 Å². The Morgan fingerprint density at radius 1 is 1.25 bits per heavy atom. The molecule has 5 nitrogen and oxygen atoms in total. The first-order valence-electron chi connectivity index (χ1n) is 8.91. The van der Waals surface area contributed by atoms with Gasteiger partial charge in [0.15, 0.2) is 5.16 Å². The van der Waals surface area contributed by atoms with Crippen LogP contribution in [-0.4, -0.2) is 19.5 Å². The number of halogens is 1. The molecule has 4 rings (SSSR count). The third kappa shape index (κ3) is 3.56. The maximum atomic E-state index is 12.5. The highest BCUT2D eigenvalue weighted by Crippen LogP contribution is 2.30. The molecule has 144 valence electrons. The maximum Gasteiger partial charge on any atom is 0.259 e. The van der Waals surface area contributed by atoms with E-state index in [1.54, 1.807) is 23.1 Å². The summed E-state index contributed by atoms with van der Waals surface area (Å²) >= 11 is 6.64. The zero-order valence-corrected chi connectivity index (χ0v) is 19.0. The van der Waals surface area contributed by atoms with Gasteiger partial charge >= 0.3 is 0 Å². The predicted molar refractivity (Wildman–Crippen MR) is 120 cm³/mol. The number of hydrogen-bond donors (Lipinski definition) is 1. The summed E-state index contributed by atoms with van der Waals surface area (Å²) in [7, 11) is 0. The fourth-order valence-electron chi connectivity index (χ4n) is 3.13. The van der Waals surface area contributed by atoms with Crippen molar-refractivity contribution in [3.63, 3.8) is 0 Å². The summed E-state index contributed by atoms with van der Waals surface area (Å²) in [5, 5.41) is 1.63. The molecule has 0 fully saturated rings. The Balaban J connectivity index is 1.61. The second kappa shape index (κ2) is 7.85. The van der Waals surface area contributed by atoms with Gasteiger partial charge in [-0.3, -0.25) is 4.79 Å². The van der Waals surface area contributed by atoms with Gasteiger partial charge in [0, 0.05) is 15.9 Å². The smallest absolute Gasteiger partial charge is 0.259 e. The van der Waals surface area contributed by atoms with Gasteiger partial charge in [-0.05, 0) is 44.0 Å². The van der Waals surface area contributed by atoms with Crippen molar-refractivity contribution in [3.8, 4) is 11.3 Å². The number of aromatic amines is 1. The summed E-state index contributed by atoms with van der Waals surface area (Å²) in [6, 6.07) is 8.22. The number of fused-ring (bicyclic) bond motifs is 1. The van der Waals surface area contributed by atoms with Gasteiger partial charge in [0.1, 0.15) is 10.7 Å². The molecular weight excluding hydrogens is 456 g/mol. The molecule has 0 aliphatic heterocycles. The molecule has 1 aromatic carbocycles. The molecular formula is C20H19BrN4OS2. The van der Waals surface area contributed by atoms with E-state index in [1.165, 1.54) is 0 Å². The highest BCUT2D eigenvalue weighted by atomic mass is 79.9. The average Bonchev–Trinajstić information content (AvgIpc) is 3.21. The highest BCUT2D eigenvalue weighted by Gasteiger charge is 2.14. The Morgan fingerprint density at radius 3 is 2.71 bits per heavy atom. The summed E-state index contributed by atoms with van der Waals surface area (Å²) in [5.74, 6) is 1.25. The van der Waals surface area contributed by atoms with Gasteiger partial charge in [0.05, 0.1) is 23.0 Å². The number of imidazole rings is 1. The number of aryl methyl sites for hydroxylation is 2. The Kier molecular flexibility index (Phi) is 5.44. The fourth-order valence-corrected chi connectivity index (χ4v) is 5.36. The highest BCUT2D eigenvalue weighted by molar-refractivity contribution is 9.10. The first-order chi connectivity index (χ1) is 13.5. The molecule has 0 aliphatic rings. The van der Waals surface area contributed by atoms with Gasteiger partial charge < -0.3 is 9.55 Å². The Labute approximate surface area is 179 Å². The lowest BCUT2D eigenvalue weighted by Crippen LogP contribution is -2.11. The van der Waals surface area contributed by atoms with Gasteiger partial charge in [-0.1, -0.05) is 39.8 Å². The monoisotopic (exact) mass is 474 g/mol. The van der Waals surface area contributed by atoms with Gasteiger partial charge in [0.2, 0.25) is 0 Å². The minimum Gasteiger partial charge on any atom is -0.319 e. The normalized spacial score (nSPS) is 11.4. The second-order valence-corrected chi connectivity index (χ2v) is 9.50. The van der Waals surface area contributed by atoms with Crippen LogP contribution in [0.4, 0.5) is 0 Å². The molecule has 3 aromatic heterocycles. The van der Waals surface area contributed by atoms with Crippen molar-refractivity contribution < 1.29 is 0 Å². The van der Waals surface area contributed by atoms with Crippen molar-refractivity contribution in [1.82, 2.24) is 19.5 Å². The number of aromatic nitrogens is 4. The number of thioether (sulfide) groups is 1. The molecule has 0 saturated heterocycles. The number of hydrogen-bond acceptors (Lipinski definition) is 5. The molecule has 28 heavy (non-hydrogen) atoms. The number of H-pyrrole nitrogens is 1. The lowest BCUT2D eigenvalue weighted by atomic mass is 10.2. The summed E-state index contributed by atoms with van der Waals surface area (Å²) in [4.78, 5) is 26.6. The minimum absolute atomic E-state index is 0.0585. The molecule has 3 heterocycles. The minimum atomic E-state index is -0.0585. The molecule has 0 bridgehead atoms. The second-order valence-electron chi connectivity index (χ2n) is 6.44. The van der Waals surface area contributed by atoms with E-state index < -0.39 is 0 Å². The Morgan fingerprint density at radius 2 is 2.00 bits per heavy atom. The first kappa shape index (κ1) is 19.4. The third-order valence-corrected chi connectivity index (χ3v) is 7.33. The zero-order chi connectivity index (χ0) is 19.8. The molecule has 0 unspecified atom stereocenters. The van der Waals surface area contributed by atoms with Crippen LogP contribution >= 0.6 is 39.0 Å². The van der Waals surface area contributed by atoms with Crippen LogP contribution in [0, 0.1) is 13.8 Å². The van der Waals surface area contributed by atoms with Crippen LogP contribution < -0.4 is 5.56 Å². The standard InChI is InChI=1S/C20H19BrN4OS2/c1-4-25-15(13-5-7-14(21)8-6-13)9-22-20(25)27-10-16-23-18(26)17-11(2)12(3)28-19(17)24-16/h5-9H,4,10H2,1-3H3,(H,23,24,26). The quantitative estimate of drug-likeness (QED) is 0.385. The van der Waals surface area contributed by atoms with Crippen LogP contribution in [0.25, 0.3) is 21.5 Å². The lowest BCUT2D eigenvalue weighted by Gasteiger charge is -2.09. The van der Waals surface area contributed by atoms with E-state index in [9.17, 15) is 4.79 Å². The molecule has 8 heteroatoms. The number of nitrogens with zero attached hydrogens (tertiary/aromatic N) is 3. The van der Waals surface area contributed by atoms with Crippen LogP contribution in [0.3, 0.4) is 0 Å². The zero-order valence-electron chi connectivity index (χ0n) is 15.7. The molecule has 0 spiro atoms. The maximum absolute atomic E-state index is 12.5. The fraction of sp³-hybridized carbons (Fsp3) is 0.250. The Bertz CT molecular complexity index is 1210. The summed E-state index contributed by atoms with van der Waals surface area (Å²) in [6.07, 6.45) is 1.90. The van der Waals surface area contributed by atoms with Crippen LogP contribution in [0.2, 0.25) is 0 Å². The number of thiophene rings is 1. The van der Waals surface area contributed by atoms with Gasteiger partial charge in [-0.2, -0.15) is 0 Å². The van der Waals surface area contributed by atoms with Gasteiger partial charge in [-0.25, -0.2) is 9.97 Å². The summed E-state index contributed by atoms with van der Waals surface area (Å²) in [5.41, 5.74) is 3.17. The SMILES string of the molecule is CCn1c(-c2ccc(Br)cc2)cnc1SCc1nc2sc(C)c(C)c2c(=O)[nH]1. The van der Waals surface area contributed by atoms with E-state index in [0.29, 0.717) is 17.0 Å². The van der Waals surface area contributed by atoms with Crippen molar-refractivity contribution in [2.45, 2.75) is 38.2 Å². The van der Waals surface area contributed by atoms with E-state index in [4.69, 9.17) is 0 Å². The van der Waals surface area contributed by atoms with E-state index in [-0.39, 0.29) is 5.56 Å². The number of rotatable bonds is 5. The largest absolute Gasteiger partial charge is 0.319 e. The summed E-state index contributed by atoms with van der Waals surface area (Å²) in [6.45, 7) is 6.93. The van der Waals surface area contributed by atoms with E-state index in [1.807, 2.05) is 32.2 Å². The average molecular weight is 475 g/mol. The third-order valence-electron chi connectivity index (χ3n) is 4.70.